The molecule has 1 aliphatic heterocycles. The van der Waals surface area contributed by atoms with Crippen LogP contribution in [0.2, 0.25) is 0 Å². The van der Waals surface area contributed by atoms with Gasteiger partial charge < -0.3 is 4.74 Å². The van der Waals surface area contributed by atoms with Crippen molar-refractivity contribution in [3.8, 4) is 5.75 Å². The molecule has 1 atom stereocenters. The van der Waals surface area contributed by atoms with Gasteiger partial charge in [-0.1, -0.05) is 46.3 Å². The fourth-order valence-corrected chi connectivity index (χ4v) is 2.55. The van der Waals surface area contributed by atoms with Crippen LogP contribution in [0.4, 0.5) is 0 Å². The Morgan fingerprint density at radius 1 is 1.11 bits per heavy atom. The van der Waals surface area contributed by atoms with Gasteiger partial charge in [0, 0.05) is 15.6 Å². The molecule has 0 saturated carbocycles. The van der Waals surface area contributed by atoms with Gasteiger partial charge in [0.15, 0.2) is 6.10 Å². The van der Waals surface area contributed by atoms with Gasteiger partial charge in [-0.3, -0.25) is 4.79 Å². The first-order chi connectivity index (χ1) is 9.28. The lowest BCUT2D eigenvalue weighted by atomic mass is 9.97. The molecule has 0 spiro atoms. The van der Waals surface area contributed by atoms with E-state index >= 15 is 0 Å². The molecule has 1 unspecified atom stereocenters. The van der Waals surface area contributed by atoms with E-state index < -0.39 is 0 Å². The molecule has 0 bridgehead atoms. The molecular formula is C16H11BrO2. The highest BCUT2D eigenvalue weighted by Gasteiger charge is 2.23. The summed E-state index contributed by atoms with van der Waals surface area (Å²) in [5, 5.41) is 0. The van der Waals surface area contributed by atoms with Crippen LogP contribution in [0.15, 0.2) is 58.6 Å². The number of ether oxygens (including phenoxy) is 1. The minimum atomic E-state index is -0.327. The van der Waals surface area contributed by atoms with Crippen molar-refractivity contribution in [1.82, 2.24) is 0 Å². The van der Waals surface area contributed by atoms with Gasteiger partial charge in [0.05, 0.1) is 0 Å². The molecule has 2 nitrogen and oxygen atoms in total. The van der Waals surface area contributed by atoms with Gasteiger partial charge in [0.1, 0.15) is 12.0 Å². The van der Waals surface area contributed by atoms with Crippen molar-refractivity contribution in [2.45, 2.75) is 6.10 Å². The van der Waals surface area contributed by atoms with E-state index in [0.717, 1.165) is 27.6 Å². The lowest BCUT2D eigenvalue weighted by molar-refractivity contribution is -0.105. The Balaban J connectivity index is 2.07. The van der Waals surface area contributed by atoms with Crippen LogP contribution in [0, 0.1) is 0 Å². The summed E-state index contributed by atoms with van der Waals surface area (Å²) in [5.41, 5.74) is 2.54. The Kier molecular flexibility index (Phi) is 3.22. The largest absolute Gasteiger partial charge is 0.480 e. The molecule has 1 heterocycles. The summed E-state index contributed by atoms with van der Waals surface area (Å²) >= 11 is 3.42. The molecule has 0 N–H and O–H groups in total. The Morgan fingerprint density at radius 2 is 1.89 bits per heavy atom. The predicted octanol–water partition coefficient (Wildman–Crippen LogP) is 4.17. The molecule has 0 radical (unpaired) electrons. The molecule has 0 fully saturated rings. The van der Waals surface area contributed by atoms with Crippen molar-refractivity contribution < 1.29 is 9.53 Å². The molecular weight excluding hydrogens is 304 g/mol. The molecule has 0 amide bonds. The van der Waals surface area contributed by atoms with E-state index in [-0.39, 0.29) is 6.10 Å². The normalized spacial score (nSPS) is 17.1. The van der Waals surface area contributed by atoms with E-state index in [1.807, 2.05) is 54.6 Å². The van der Waals surface area contributed by atoms with Crippen molar-refractivity contribution in [3.05, 3.63) is 69.7 Å². The number of fused-ring (bicyclic) bond motifs is 1. The fourth-order valence-electron chi connectivity index (χ4n) is 2.17. The van der Waals surface area contributed by atoms with E-state index in [0.29, 0.717) is 5.57 Å². The van der Waals surface area contributed by atoms with E-state index in [1.54, 1.807) is 0 Å². The van der Waals surface area contributed by atoms with Crippen molar-refractivity contribution in [3.63, 3.8) is 0 Å². The number of benzene rings is 2. The average Bonchev–Trinajstić information content (AvgIpc) is 2.46. The lowest BCUT2D eigenvalue weighted by Gasteiger charge is -2.25. The molecule has 3 heteroatoms. The lowest BCUT2D eigenvalue weighted by Crippen LogP contribution is -2.15. The monoisotopic (exact) mass is 314 g/mol. The highest BCUT2D eigenvalue weighted by molar-refractivity contribution is 9.10. The predicted molar refractivity (Wildman–Crippen MR) is 78.0 cm³/mol. The van der Waals surface area contributed by atoms with E-state index in [2.05, 4.69) is 15.9 Å². The number of carbonyl (C=O) groups excluding carboxylic acids is 1. The first-order valence-corrected chi connectivity index (χ1v) is 6.75. The summed E-state index contributed by atoms with van der Waals surface area (Å²) in [6.45, 7) is 0. The molecule has 0 aliphatic carbocycles. The first-order valence-electron chi connectivity index (χ1n) is 5.96. The third-order valence-electron chi connectivity index (χ3n) is 3.08. The van der Waals surface area contributed by atoms with Crippen LogP contribution in [0.1, 0.15) is 17.2 Å². The number of carbonyl (C=O) groups is 1. The van der Waals surface area contributed by atoms with Gasteiger partial charge in [-0.05, 0) is 29.8 Å². The summed E-state index contributed by atoms with van der Waals surface area (Å²) in [6, 6.07) is 15.5. The van der Waals surface area contributed by atoms with E-state index in [9.17, 15) is 4.79 Å². The van der Waals surface area contributed by atoms with Gasteiger partial charge >= 0.3 is 0 Å². The third-order valence-corrected chi connectivity index (χ3v) is 3.57. The number of hydrogen-bond acceptors (Lipinski definition) is 2. The molecule has 0 saturated heterocycles. The SMILES string of the molecule is O=CC1=Cc2cc(Br)ccc2OC1c1ccccc1. The van der Waals surface area contributed by atoms with Crippen LogP contribution in [0.3, 0.4) is 0 Å². The first kappa shape index (κ1) is 12.2. The Hall–Kier alpha value is -1.87. The van der Waals surface area contributed by atoms with Crippen LogP contribution in [-0.2, 0) is 4.79 Å². The molecule has 2 aromatic carbocycles. The zero-order valence-corrected chi connectivity index (χ0v) is 11.6. The summed E-state index contributed by atoms with van der Waals surface area (Å²) in [4.78, 5) is 11.3. The van der Waals surface area contributed by atoms with Gasteiger partial charge in [-0.25, -0.2) is 0 Å². The van der Waals surface area contributed by atoms with Crippen molar-refractivity contribution in [2.75, 3.05) is 0 Å². The second kappa shape index (κ2) is 5.02. The maximum Gasteiger partial charge on any atom is 0.152 e. The highest BCUT2D eigenvalue weighted by atomic mass is 79.9. The van der Waals surface area contributed by atoms with Crippen LogP contribution in [0.5, 0.6) is 5.75 Å². The molecule has 2 aromatic rings. The molecule has 94 valence electrons. The van der Waals surface area contributed by atoms with Crippen LogP contribution in [-0.4, -0.2) is 6.29 Å². The van der Waals surface area contributed by atoms with E-state index in [4.69, 9.17) is 4.74 Å². The Morgan fingerprint density at radius 3 is 2.63 bits per heavy atom. The van der Waals surface area contributed by atoms with Crippen LogP contribution >= 0.6 is 15.9 Å². The summed E-state index contributed by atoms with van der Waals surface area (Å²) in [6.07, 6.45) is 2.42. The van der Waals surface area contributed by atoms with Crippen molar-refractivity contribution in [1.29, 1.82) is 0 Å². The smallest absolute Gasteiger partial charge is 0.152 e. The van der Waals surface area contributed by atoms with Gasteiger partial charge in [0.25, 0.3) is 0 Å². The second-order valence-corrected chi connectivity index (χ2v) is 5.27. The minimum absolute atomic E-state index is 0.327. The zero-order valence-electron chi connectivity index (χ0n) is 10.0. The minimum Gasteiger partial charge on any atom is -0.480 e. The number of hydrogen-bond donors (Lipinski definition) is 0. The Bertz CT molecular complexity index is 647. The van der Waals surface area contributed by atoms with Crippen molar-refractivity contribution >= 4 is 28.3 Å². The maximum atomic E-state index is 11.3. The van der Waals surface area contributed by atoms with Crippen LogP contribution in [0.25, 0.3) is 6.08 Å². The average molecular weight is 315 g/mol. The second-order valence-electron chi connectivity index (χ2n) is 4.35. The molecule has 1 aliphatic rings. The van der Waals surface area contributed by atoms with Crippen molar-refractivity contribution in [2.24, 2.45) is 0 Å². The highest BCUT2D eigenvalue weighted by Crippen LogP contribution is 2.37. The number of aldehydes is 1. The van der Waals surface area contributed by atoms with Gasteiger partial charge in [-0.15, -0.1) is 0 Å². The quantitative estimate of drug-likeness (QED) is 0.778. The standard InChI is InChI=1S/C16H11BrO2/c17-14-6-7-15-12(9-14)8-13(10-18)16(19-15)11-4-2-1-3-5-11/h1-10,16H. The topological polar surface area (TPSA) is 26.3 Å². The van der Waals surface area contributed by atoms with E-state index in [1.165, 1.54) is 0 Å². The summed E-state index contributed by atoms with van der Waals surface area (Å²) in [7, 11) is 0. The maximum absolute atomic E-state index is 11.3. The zero-order chi connectivity index (χ0) is 13.2. The van der Waals surface area contributed by atoms with Gasteiger partial charge in [0.2, 0.25) is 0 Å². The third kappa shape index (κ3) is 2.34. The van der Waals surface area contributed by atoms with Crippen LogP contribution < -0.4 is 4.74 Å². The fraction of sp³-hybridized carbons (Fsp3) is 0.0625. The number of halogens is 1. The number of rotatable bonds is 2. The van der Waals surface area contributed by atoms with Gasteiger partial charge in [-0.2, -0.15) is 0 Å². The molecule has 0 aromatic heterocycles. The summed E-state index contributed by atoms with van der Waals surface area (Å²) < 4.78 is 6.92. The molecule has 19 heavy (non-hydrogen) atoms. The summed E-state index contributed by atoms with van der Waals surface area (Å²) in [5.74, 6) is 0.794. The molecule has 3 rings (SSSR count). The Labute approximate surface area is 119 Å².